The van der Waals surface area contributed by atoms with Crippen LogP contribution in [0.4, 0.5) is 0 Å². The summed E-state index contributed by atoms with van der Waals surface area (Å²) in [5, 5.41) is 0. The SMILES string of the molecule is C=CC1(C)COC(=O)C12OC(C(C)C)=CC2=O. The third-order valence-electron chi connectivity index (χ3n) is 3.51. The Labute approximate surface area is 100 Å². The normalized spacial score (nSPS) is 36.1. The molecule has 0 amide bonds. The molecule has 4 heteroatoms. The smallest absolute Gasteiger partial charge is 0.359 e. The van der Waals surface area contributed by atoms with Gasteiger partial charge in [0.2, 0.25) is 5.78 Å². The lowest BCUT2D eigenvalue weighted by Gasteiger charge is -2.32. The second-order valence-electron chi connectivity index (χ2n) is 5.05. The average Bonchev–Trinajstić information content (AvgIpc) is 2.75. The Morgan fingerprint density at radius 2 is 2.12 bits per heavy atom. The van der Waals surface area contributed by atoms with Crippen molar-refractivity contribution >= 4 is 11.8 Å². The fraction of sp³-hybridized carbons (Fsp3) is 0.538. The summed E-state index contributed by atoms with van der Waals surface area (Å²) in [6.45, 7) is 9.37. The van der Waals surface area contributed by atoms with E-state index in [1.54, 1.807) is 13.0 Å². The van der Waals surface area contributed by atoms with Crippen molar-refractivity contribution in [3.63, 3.8) is 0 Å². The monoisotopic (exact) mass is 236 g/mol. The van der Waals surface area contributed by atoms with E-state index >= 15 is 0 Å². The first-order valence-electron chi connectivity index (χ1n) is 5.63. The molecule has 4 nitrogen and oxygen atoms in total. The lowest BCUT2D eigenvalue weighted by atomic mass is 9.73. The van der Waals surface area contributed by atoms with Crippen LogP contribution >= 0.6 is 0 Å². The Hall–Kier alpha value is -1.58. The Morgan fingerprint density at radius 1 is 1.47 bits per heavy atom. The van der Waals surface area contributed by atoms with Crippen LogP contribution < -0.4 is 0 Å². The van der Waals surface area contributed by atoms with E-state index in [0.29, 0.717) is 5.76 Å². The molecule has 0 saturated carbocycles. The number of hydrogen-bond donors (Lipinski definition) is 0. The summed E-state index contributed by atoms with van der Waals surface area (Å²) in [4.78, 5) is 24.1. The molecule has 1 saturated heterocycles. The minimum absolute atomic E-state index is 0.0563. The molecule has 1 fully saturated rings. The number of rotatable bonds is 2. The highest BCUT2D eigenvalue weighted by atomic mass is 16.6. The molecule has 2 aliphatic heterocycles. The zero-order valence-corrected chi connectivity index (χ0v) is 10.3. The van der Waals surface area contributed by atoms with Gasteiger partial charge in [0.1, 0.15) is 12.4 Å². The molecule has 2 aliphatic rings. The maximum absolute atomic E-state index is 12.1. The molecule has 0 aromatic heterocycles. The van der Waals surface area contributed by atoms with E-state index in [1.807, 2.05) is 13.8 Å². The van der Waals surface area contributed by atoms with Gasteiger partial charge in [-0.1, -0.05) is 19.9 Å². The topological polar surface area (TPSA) is 52.6 Å². The van der Waals surface area contributed by atoms with E-state index in [9.17, 15) is 9.59 Å². The quantitative estimate of drug-likeness (QED) is 0.415. The van der Waals surface area contributed by atoms with Crippen molar-refractivity contribution in [2.24, 2.45) is 11.3 Å². The summed E-state index contributed by atoms with van der Waals surface area (Å²) >= 11 is 0. The van der Waals surface area contributed by atoms with Gasteiger partial charge >= 0.3 is 5.97 Å². The Balaban J connectivity index is 2.48. The molecule has 0 bridgehead atoms. The van der Waals surface area contributed by atoms with Crippen molar-refractivity contribution in [1.29, 1.82) is 0 Å². The molecule has 0 radical (unpaired) electrons. The second kappa shape index (κ2) is 3.45. The lowest BCUT2D eigenvalue weighted by molar-refractivity contribution is -0.161. The molecule has 0 aromatic carbocycles. The standard InChI is InChI=1S/C13H16O4/c1-5-12(4)7-16-11(15)13(12)10(14)6-9(17-13)8(2)3/h5-6,8H,1,7H2,2-4H3. The predicted octanol–water partition coefficient (Wildman–Crippen LogP) is 1.61. The van der Waals surface area contributed by atoms with E-state index in [4.69, 9.17) is 9.47 Å². The van der Waals surface area contributed by atoms with E-state index in [1.165, 1.54) is 6.08 Å². The van der Waals surface area contributed by atoms with Crippen molar-refractivity contribution in [3.05, 3.63) is 24.5 Å². The van der Waals surface area contributed by atoms with Crippen molar-refractivity contribution in [2.75, 3.05) is 6.61 Å². The molecule has 17 heavy (non-hydrogen) atoms. The summed E-state index contributed by atoms with van der Waals surface area (Å²) in [6, 6.07) is 0. The first-order valence-corrected chi connectivity index (χ1v) is 5.63. The number of esters is 1. The molecule has 2 atom stereocenters. The number of hydrogen-bond acceptors (Lipinski definition) is 4. The molecule has 2 unspecified atom stereocenters. The maximum Gasteiger partial charge on any atom is 0.359 e. The van der Waals surface area contributed by atoms with Crippen molar-refractivity contribution < 1.29 is 19.1 Å². The molecule has 1 spiro atoms. The van der Waals surface area contributed by atoms with Gasteiger partial charge in [-0.2, -0.15) is 0 Å². The van der Waals surface area contributed by atoms with E-state index < -0.39 is 17.0 Å². The van der Waals surface area contributed by atoms with E-state index in [0.717, 1.165) is 0 Å². The maximum atomic E-state index is 12.1. The third-order valence-corrected chi connectivity index (χ3v) is 3.51. The van der Waals surface area contributed by atoms with E-state index in [-0.39, 0.29) is 18.3 Å². The van der Waals surface area contributed by atoms with Crippen LogP contribution in [0.5, 0.6) is 0 Å². The van der Waals surface area contributed by atoms with Crippen molar-refractivity contribution in [1.82, 2.24) is 0 Å². The summed E-state index contributed by atoms with van der Waals surface area (Å²) in [5.41, 5.74) is -2.36. The third kappa shape index (κ3) is 1.30. The van der Waals surface area contributed by atoms with Crippen molar-refractivity contribution in [3.8, 4) is 0 Å². The fourth-order valence-electron chi connectivity index (χ4n) is 2.17. The highest BCUT2D eigenvalue weighted by Crippen LogP contribution is 2.48. The van der Waals surface area contributed by atoms with Gasteiger partial charge in [-0.05, 0) is 6.92 Å². The molecular formula is C13H16O4. The van der Waals surface area contributed by atoms with Crippen LogP contribution in [0.3, 0.4) is 0 Å². The molecule has 2 rings (SSSR count). The van der Waals surface area contributed by atoms with E-state index in [2.05, 4.69) is 6.58 Å². The largest absolute Gasteiger partial charge is 0.470 e. The highest BCUT2D eigenvalue weighted by molar-refractivity contribution is 6.16. The van der Waals surface area contributed by atoms with Gasteiger partial charge < -0.3 is 9.47 Å². The van der Waals surface area contributed by atoms with Crippen LogP contribution in [0.25, 0.3) is 0 Å². The number of ether oxygens (including phenoxy) is 2. The van der Waals surface area contributed by atoms with Crippen molar-refractivity contribution in [2.45, 2.75) is 26.4 Å². The second-order valence-corrected chi connectivity index (χ2v) is 5.05. The molecule has 0 N–H and O–H groups in total. The highest BCUT2D eigenvalue weighted by Gasteiger charge is 2.68. The van der Waals surface area contributed by atoms with Gasteiger partial charge in [0.25, 0.3) is 5.60 Å². The van der Waals surface area contributed by atoms with Crippen LogP contribution in [0.15, 0.2) is 24.5 Å². The summed E-state index contributed by atoms with van der Waals surface area (Å²) in [5.74, 6) is -0.370. The molecule has 2 heterocycles. The van der Waals surface area contributed by atoms with Gasteiger partial charge in [-0.25, -0.2) is 4.79 Å². The number of allylic oxidation sites excluding steroid dienone is 1. The zero-order chi connectivity index (χ0) is 12.8. The Morgan fingerprint density at radius 3 is 2.59 bits per heavy atom. The molecular weight excluding hydrogens is 220 g/mol. The number of cyclic esters (lactones) is 1. The minimum Gasteiger partial charge on any atom is -0.470 e. The Bertz CT molecular complexity index is 435. The number of carbonyl (C=O) groups excluding carboxylic acids is 2. The Kier molecular flexibility index (Phi) is 2.42. The number of ketones is 1. The summed E-state index contributed by atoms with van der Waals surface area (Å²) in [7, 11) is 0. The summed E-state index contributed by atoms with van der Waals surface area (Å²) in [6.07, 6.45) is 2.96. The van der Waals surface area contributed by atoms with Gasteiger partial charge in [0.05, 0.1) is 5.41 Å². The first kappa shape index (κ1) is 11.9. The van der Waals surface area contributed by atoms with Gasteiger partial charge in [0, 0.05) is 12.0 Å². The number of carbonyl (C=O) groups is 2. The van der Waals surface area contributed by atoms with Crippen LogP contribution in [-0.2, 0) is 19.1 Å². The van der Waals surface area contributed by atoms with Crippen LogP contribution in [0, 0.1) is 11.3 Å². The molecule has 92 valence electrons. The van der Waals surface area contributed by atoms with Crippen LogP contribution in [0.1, 0.15) is 20.8 Å². The minimum atomic E-state index is -1.55. The summed E-state index contributed by atoms with van der Waals surface area (Å²) < 4.78 is 10.7. The van der Waals surface area contributed by atoms with Gasteiger partial charge in [0.15, 0.2) is 0 Å². The zero-order valence-electron chi connectivity index (χ0n) is 10.3. The van der Waals surface area contributed by atoms with Crippen LogP contribution in [0.2, 0.25) is 0 Å². The molecule has 0 aromatic rings. The fourth-order valence-corrected chi connectivity index (χ4v) is 2.17. The van der Waals surface area contributed by atoms with Crippen LogP contribution in [-0.4, -0.2) is 24.0 Å². The lowest BCUT2D eigenvalue weighted by Crippen LogP contribution is -2.52. The average molecular weight is 236 g/mol. The first-order chi connectivity index (χ1) is 7.87. The van der Waals surface area contributed by atoms with Gasteiger partial charge in [-0.15, -0.1) is 6.58 Å². The molecule has 0 aliphatic carbocycles. The predicted molar refractivity (Wildman–Crippen MR) is 61.0 cm³/mol. The van der Waals surface area contributed by atoms with Gasteiger partial charge in [-0.3, -0.25) is 4.79 Å².